The maximum Gasteiger partial charge on any atom is 0.407 e. The fraction of sp³-hybridized carbons (Fsp3) is 0.519. The molecule has 0 aliphatic heterocycles. The molecule has 35 heavy (non-hydrogen) atoms. The van der Waals surface area contributed by atoms with Gasteiger partial charge in [0, 0.05) is 12.1 Å². The van der Waals surface area contributed by atoms with Crippen LogP contribution >= 0.6 is 24.8 Å². The molecule has 196 valence electrons. The molecule has 0 aromatic heterocycles. The Bertz CT molecular complexity index is 927. The second-order valence-electron chi connectivity index (χ2n) is 10.4. The molecule has 2 fully saturated rings. The zero-order valence-corrected chi connectivity index (χ0v) is 22.3. The van der Waals surface area contributed by atoms with Gasteiger partial charge in [-0.2, -0.15) is 0 Å². The van der Waals surface area contributed by atoms with Crippen molar-refractivity contribution >= 4 is 30.9 Å². The Kier molecular flexibility index (Phi) is 12.5. The molecule has 2 saturated carbocycles. The summed E-state index contributed by atoms with van der Waals surface area (Å²) in [6, 6.07) is 14.1. The number of ether oxygens (including phenoxy) is 1. The average molecular weight is 532 g/mol. The van der Waals surface area contributed by atoms with Crippen molar-refractivity contribution in [2.75, 3.05) is 0 Å². The van der Waals surface area contributed by atoms with Crippen molar-refractivity contribution in [3.05, 3.63) is 71.3 Å². The Morgan fingerprint density at radius 3 is 1.77 bits per heavy atom. The van der Waals surface area contributed by atoms with Crippen molar-refractivity contribution < 1.29 is 18.3 Å². The van der Waals surface area contributed by atoms with Crippen LogP contribution in [-0.4, -0.2) is 23.8 Å². The number of nitrogens with one attached hydrogen (secondary N) is 1. The van der Waals surface area contributed by atoms with Gasteiger partial charge in [0.15, 0.2) is 0 Å². The average Bonchev–Trinajstić information content (AvgIpc) is 2.64. The predicted molar refractivity (Wildman–Crippen MR) is 141 cm³/mol. The number of amides is 1. The number of carbonyl (C=O) groups is 1. The molecule has 4 rings (SSSR count). The molecule has 2 aromatic carbocycles. The molecule has 4 nitrogen and oxygen atoms in total. The van der Waals surface area contributed by atoms with Crippen molar-refractivity contribution in [1.82, 2.24) is 5.32 Å². The zero-order chi connectivity index (χ0) is 24.0. The molecule has 8 heteroatoms. The van der Waals surface area contributed by atoms with E-state index in [1.807, 2.05) is 32.9 Å². The minimum Gasteiger partial charge on any atom is -0.444 e. The lowest BCUT2D eigenvalue weighted by Crippen LogP contribution is -2.46. The number of hydrogen-bond donors (Lipinski definition) is 2. The minimum absolute atomic E-state index is 0. The molecule has 2 aromatic rings. The first-order chi connectivity index (χ1) is 15.6. The number of halogens is 4. The first kappa shape index (κ1) is 31.1. The first-order valence-corrected chi connectivity index (χ1v) is 11.8. The number of alkyl carbamates (subject to hydrolysis) is 1. The van der Waals surface area contributed by atoms with Gasteiger partial charge in [0.1, 0.15) is 17.2 Å². The maximum absolute atomic E-state index is 13.1. The summed E-state index contributed by atoms with van der Waals surface area (Å²) >= 11 is 0. The third-order valence-electron chi connectivity index (χ3n) is 6.06. The van der Waals surface area contributed by atoms with Gasteiger partial charge in [0.2, 0.25) is 0 Å². The van der Waals surface area contributed by atoms with Crippen LogP contribution in [-0.2, 0) is 17.6 Å². The van der Waals surface area contributed by atoms with E-state index in [1.165, 1.54) is 12.1 Å². The van der Waals surface area contributed by atoms with Gasteiger partial charge < -0.3 is 15.8 Å². The SMILES string of the molecule is CC(C)(C)OC(=O)NC1CC(Cc2cccc(F)c2)C1.Cl.Cl.NC1CC(Cc2cccc(F)c2)C1. The smallest absolute Gasteiger partial charge is 0.407 e. The molecule has 0 saturated heterocycles. The summed E-state index contributed by atoms with van der Waals surface area (Å²) in [5.41, 5.74) is 7.33. The molecule has 2 aliphatic rings. The zero-order valence-electron chi connectivity index (χ0n) is 20.6. The second-order valence-corrected chi connectivity index (χ2v) is 10.4. The lowest BCUT2D eigenvalue weighted by Gasteiger charge is -2.36. The lowest BCUT2D eigenvalue weighted by atomic mass is 9.77. The van der Waals surface area contributed by atoms with Crippen LogP contribution in [0, 0.1) is 23.5 Å². The van der Waals surface area contributed by atoms with Crippen molar-refractivity contribution in [3.8, 4) is 0 Å². The molecule has 0 atom stereocenters. The number of hydrogen-bond acceptors (Lipinski definition) is 3. The van der Waals surface area contributed by atoms with Crippen molar-refractivity contribution in [2.24, 2.45) is 17.6 Å². The summed E-state index contributed by atoms with van der Waals surface area (Å²) in [7, 11) is 0. The highest BCUT2D eigenvalue weighted by Gasteiger charge is 2.31. The highest BCUT2D eigenvalue weighted by molar-refractivity contribution is 5.85. The van der Waals surface area contributed by atoms with Gasteiger partial charge in [-0.1, -0.05) is 24.3 Å². The predicted octanol–water partition coefficient (Wildman–Crippen LogP) is 6.62. The lowest BCUT2D eigenvalue weighted by molar-refractivity contribution is 0.0452. The summed E-state index contributed by atoms with van der Waals surface area (Å²) in [6.45, 7) is 5.54. The molecule has 0 unspecified atom stereocenters. The highest BCUT2D eigenvalue weighted by Crippen LogP contribution is 2.31. The fourth-order valence-electron chi connectivity index (χ4n) is 4.44. The van der Waals surface area contributed by atoms with Crippen LogP contribution in [0.3, 0.4) is 0 Å². The van der Waals surface area contributed by atoms with Gasteiger partial charge in [0.05, 0.1) is 0 Å². The number of nitrogens with two attached hydrogens (primary N) is 1. The Balaban J connectivity index is 0.000000356. The number of carbonyl (C=O) groups excluding carboxylic acids is 1. The van der Waals surface area contributed by atoms with Crippen molar-refractivity contribution in [2.45, 2.75) is 77.0 Å². The summed E-state index contributed by atoms with van der Waals surface area (Å²) in [6.07, 6.45) is 5.53. The van der Waals surface area contributed by atoms with E-state index in [0.29, 0.717) is 17.9 Å². The van der Waals surface area contributed by atoms with E-state index in [0.717, 1.165) is 49.7 Å². The summed E-state index contributed by atoms with van der Waals surface area (Å²) in [5, 5.41) is 2.86. The third kappa shape index (κ3) is 11.1. The fourth-order valence-corrected chi connectivity index (χ4v) is 4.44. The molecular formula is C27H38Cl2F2N2O2. The van der Waals surface area contributed by atoms with Gasteiger partial charge >= 0.3 is 6.09 Å². The highest BCUT2D eigenvalue weighted by atomic mass is 35.5. The Hall–Kier alpha value is -1.89. The molecular weight excluding hydrogens is 493 g/mol. The number of benzene rings is 2. The Morgan fingerprint density at radius 1 is 0.914 bits per heavy atom. The van der Waals surface area contributed by atoms with Crippen molar-refractivity contribution in [3.63, 3.8) is 0 Å². The third-order valence-corrected chi connectivity index (χ3v) is 6.06. The normalized spacial score (nSPS) is 22.6. The second kappa shape index (κ2) is 14.0. The molecule has 0 heterocycles. The first-order valence-electron chi connectivity index (χ1n) is 11.8. The summed E-state index contributed by atoms with van der Waals surface area (Å²) in [4.78, 5) is 11.6. The van der Waals surface area contributed by atoms with E-state index in [9.17, 15) is 13.6 Å². The molecule has 0 bridgehead atoms. The molecule has 3 N–H and O–H groups in total. The van der Waals surface area contributed by atoms with Gasteiger partial charge in [-0.05, 0) is 107 Å². The largest absolute Gasteiger partial charge is 0.444 e. The monoisotopic (exact) mass is 530 g/mol. The maximum atomic E-state index is 13.1. The molecule has 2 aliphatic carbocycles. The Morgan fingerprint density at radius 2 is 1.37 bits per heavy atom. The van der Waals surface area contributed by atoms with Crippen LogP contribution in [0.1, 0.15) is 57.6 Å². The van der Waals surface area contributed by atoms with Crippen LogP contribution in [0.15, 0.2) is 48.5 Å². The summed E-state index contributed by atoms with van der Waals surface area (Å²) < 4.78 is 31.1. The van der Waals surface area contributed by atoms with Gasteiger partial charge in [-0.3, -0.25) is 0 Å². The number of rotatable bonds is 5. The van der Waals surface area contributed by atoms with E-state index in [4.69, 9.17) is 10.5 Å². The van der Waals surface area contributed by atoms with E-state index in [2.05, 4.69) is 5.32 Å². The van der Waals surface area contributed by atoms with Crippen LogP contribution in [0.5, 0.6) is 0 Å². The van der Waals surface area contributed by atoms with Crippen LogP contribution in [0.4, 0.5) is 13.6 Å². The summed E-state index contributed by atoms with van der Waals surface area (Å²) in [5.74, 6) is 0.861. The van der Waals surface area contributed by atoms with E-state index in [1.54, 1.807) is 24.3 Å². The van der Waals surface area contributed by atoms with Gasteiger partial charge in [-0.15, -0.1) is 24.8 Å². The minimum atomic E-state index is -0.463. The van der Waals surface area contributed by atoms with Crippen molar-refractivity contribution in [1.29, 1.82) is 0 Å². The van der Waals surface area contributed by atoms with Gasteiger partial charge in [0.25, 0.3) is 0 Å². The van der Waals surface area contributed by atoms with Crippen LogP contribution < -0.4 is 11.1 Å². The van der Waals surface area contributed by atoms with Crippen LogP contribution in [0.25, 0.3) is 0 Å². The molecule has 1 amide bonds. The van der Waals surface area contributed by atoms with E-state index < -0.39 is 5.60 Å². The topological polar surface area (TPSA) is 64.3 Å². The van der Waals surface area contributed by atoms with E-state index >= 15 is 0 Å². The van der Waals surface area contributed by atoms with Crippen LogP contribution in [0.2, 0.25) is 0 Å². The van der Waals surface area contributed by atoms with Gasteiger partial charge in [-0.25, -0.2) is 13.6 Å². The standard InChI is InChI=1S/C16H22FNO2.C11H14FN.2ClH/c1-16(2,3)20-15(19)18-14-9-12(10-14)7-11-5-4-6-13(17)8-11;12-10-3-1-2-8(5-10)4-9-6-11(13)7-9;;/h4-6,8,12,14H,7,9-10H2,1-3H3,(H,18,19);1-3,5,9,11H,4,6-7,13H2;2*1H. The molecule has 0 spiro atoms. The van der Waals surface area contributed by atoms with E-state index in [-0.39, 0.29) is 48.6 Å². The Labute approximate surface area is 220 Å². The quantitative estimate of drug-likeness (QED) is 0.456. The molecule has 0 radical (unpaired) electrons.